The van der Waals surface area contributed by atoms with Crippen LogP contribution in [0.25, 0.3) is 11.2 Å². The van der Waals surface area contributed by atoms with Gasteiger partial charge >= 0.3 is 0 Å². The summed E-state index contributed by atoms with van der Waals surface area (Å²) in [6, 6.07) is 9.08. The van der Waals surface area contributed by atoms with Crippen LogP contribution >= 0.6 is 11.6 Å². The molecule has 0 aliphatic heterocycles. The molecule has 5 nitrogen and oxygen atoms in total. The Morgan fingerprint density at radius 1 is 1.16 bits per heavy atom. The molecule has 94 valence electrons. The minimum atomic E-state index is -0.0141. The van der Waals surface area contributed by atoms with E-state index in [4.69, 9.17) is 11.6 Å². The molecule has 2 aromatic heterocycles. The Morgan fingerprint density at radius 3 is 2.74 bits per heavy atom. The van der Waals surface area contributed by atoms with Gasteiger partial charge in [0.2, 0.25) is 0 Å². The molecule has 0 radical (unpaired) electrons. The fraction of sp³-hybridized carbons (Fsp3) is 0.0769. The van der Waals surface area contributed by atoms with Gasteiger partial charge in [-0.15, -0.1) is 0 Å². The van der Waals surface area contributed by atoms with Gasteiger partial charge in [0.05, 0.1) is 12.9 Å². The Morgan fingerprint density at radius 2 is 1.95 bits per heavy atom. The topological polar surface area (TPSA) is 60.7 Å². The molecular formula is C13H9ClN4O. The van der Waals surface area contributed by atoms with E-state index in [0.29, 0.717) is 21.9 Å². The number of halogens is 1. The molecule has 1 aromatic carbocycles. The lowest BCUT2D eigenvalue weighted by molar-refractivity contribution is 0.0973. The number of nitrogens with zero attached hydrogens (tertiary/aromatic N) is 4. The van der Waals surface area contributed by atoms with Crippen molar-refractivity contribution in [3.05, 3.63) is 53.7 Å². The summed E-state index contributed by atoms with van der Waals surface area (Å²) in [7, 11) is 0. The maximum atomic E-state index is 12.1. The third kappa shape index (κ3) is 2.20. The first-order chi connectivity index (χ1) is 9.25. The normalized spacial score (nSPS) is 10.8. The highest BCUT2D eigenvalue weighted by atomic mass is 35.5. The van der Waals surface area contributed by atoms with Crippen molar-refractivity contribution in [3.8, 4) is 0 Å². The third-order valence-electron chi connectivity index (χ3n) is 2.77. The van der Waals surface area contributed by atoms with Crippen LogP contribution in [0.2, 0.25) is 5.15 Å². The third-order valence-corrected chi connectivity index (χ3v) is 3.05. The van der Waals surface area contributed by atoms with Crippen LogP contribution < -0.4 is 0 Å². The lowest BCUT2D eigenvalue weighted by Crippen LogP contribution is -2.09. The predicted octanol–water partition coefficient (Wildman–Crippen LogP) is 2.36. The van der Waals surface area contributed by atoms with Crippen molar-refractivity contribution in [2.75, 3.05) is 0 Å². The summed E-state index contributed by atoms with van der Waals surface area (Å²) in [5, 5.41) is 0.295. The molecule has 0 saturated heterocycles. The molecule has 0 aliphatic carbocycles. The molecule has 0 spiro atoms. The summed E-state index contributed by atoms with van der Waals surface area (Å²) in [4.78, 5) is 24.1. The lowest BCUT2D eigenvalue weighted by atomic mass is 10.1. The molecule has 0 atom stereocenters. The van der Waals surface area contributed by atoms with Crippen LogP contribution in [0, 0.1) is 0 Å². The van der Waals surface area contributed by atoms with Gasteiger partial charge in [0, 0.05) is 5.56 Å². The molecular weight excluding hydrogens is 264 g/mol. The number of benzene rings is 1. The zero-order valence-electron chi connectivity index (χ0n) is 9.82. The second-order valence-corrected chi connectivity index (χ2v) is 4.36. The Bertz CT molecular complexity index is 739. The first-order valence-corrected chi connectivity index (χ1v) is 6.03. The maximum Gasteiger partial charge on any atom is 0.182 e. The number of Topliss-reactive ketones (excluding diaryl/α,β-unsaturated/α-hetero) is 1. The zero-order valence-corrected chi connectivity index (χ0v) is 10.6. The van der Waals surface area contributed by atoms with Crippen molar-refractivity contribution in [2.45, 2.75) is 6.54 Å². The standard InChI is InChI=1S/C13H9ClN4O/c14-12-11-13(16-7-15-12)17-8-18(11)6-10(19)9-4-2-1-3-5-9/h1-5,7-8H,6H2. The van der Waals surface area contributed by atoms with Gasteiger partial charge in [0.15, 0.2) is 16.6 Å². The van der Waals surface area contributed by atoms with Crippen LogP contribution in [0.4, 0.5) is 0 Å². The van der Waals surface area contributed by atoms with E-state index in [1.165, 1.54) is 6.33 Å². The molecule has 0 unspecified atom stereocenters. The van der Waals surface area contributed by atoms with Gasteiger partial charge in [-0.3, -0.25) is 4.79 Å². The number of carbonyl (C=O) groups is 1. The largest absolute Gasteiger partial charge is 0.319 e. The van der Waals surface area contributed by atoms with E-state index in [-0.39, 0.29) is 12.3 Å². The molecule has 0 N–H and O–H groups in total. The first kappa shape index (κ1) is 11.8. The van der Waals surface area contributed by atoms with Crippen LogP contribution in [0.3, 0.4) is 0 Å². The second kappa shape index (κ2) is 4.78. The summed E-state index contributed by atoms with van der Waals surface area (Å²) in [6.45, 7) is 0.160. The number of rotatable bonds is 3. The predicted molar refractivity (Wildman–Crippen MR) is 71.1 cm³/mol. The van der Waals surface area contributed by atoms with Gasteiger partial charge in [-0.2, -0.15) is 0 Å². The first-order valence-electron chi connectivity index (χ1n) is 5.65. The lowest BCUT2D eigenvalue weighted by Gasteiger charge is -2.04. The number of fused-ring (bicyclic) bond motifs is 1. The van der Waals surface area contributed by atoms with Crippen molar-refractivity contribution in [3.63, 3.8) is 0 Å². The van der Waals surface area contributed by atoms with Crippen molar-refractivity contribution in [1.29, 1.82) is 0 Å². The SMILES string of the molecule is O=C(Cn1cnc2ncnc(Cl)c21)c1ccccc1. The zero-order chi connectivity index (χ0) is 13.2. The average molecular weight is 273 g/mol. The summed E-state index contributed by atoms with van der Waals surface area (Å²) in [6.07, 6.45) is 2.90. The van der Waals surface area contributed by atoms with Crippen molar-refractivity contribution in [2.24, 2.45) is 0 Å². The Hall–Kier alpha value is -2.27. The van der Waals surface area contributed by atoms with E-state index < -0.39 is 0 Å². The van der Waals surface area contributed by atoms with Gasteiger partial charge in [0.1, 0.15) is 11.8 Å². The highest BCUT2D eigenvalue weighted by molar-refractivity contribution is 6.33. The molecule has 0 aliphatic rings. The fourth-order valence-electron chi connectivity index (χ4n) is 1.86. The van der Waals surface area contributed by atoms with E-state index in [0.717, 1.165) is 0 Å². The molecule has 3 aromatic rings. The van der Waals surface area contributed by atoms with Crippen LogP contribution in [0.15, 0.2) is 43.0 Å². The molecule has 0 bridgehead atoms. The maximum absolute atomic E-state index is 12.1. The van der Waals surface area contributed by atoms with Gasteiger partial charge < -0.3 is 4.57 Å². The number of carbonyl (C=O) groups excluding carboxylic acids is 1. The molecule has 0 saturated carbocycles. The number of hydrogen-bond acceptors (Lipinski definition) is 4. The van der Waals surface area contributed by atoms with Gasteiger partial charge in [-0.05, 0) is 0 Å². The van der Waals surface area contributed by atoms with Crippen LogP contribution in [0.5, 0.6) is 0 Å². The van der Waals surface area contributed by atoms with Crippen molar-refractivity contribution < 1.29 is 4.79 Å². The van der Waals surface area contributed by atoms with E-state index in [2.05, 4.69) is 15.0 Å². The fourth-order valence-corrected chi connectivity index (χ4v) is 2.10. The average Bonchev–Trinajstić information content (AvgIpc) is 2.84. The summed E-state index contributed by atoms with van der Waals surface area (Å²) < 4.78 is 1.66. The summed E-state index contributed by atoms with van der Waals surface area (Å²) in [5.41, 5.74) is 1.71. The molecule has 3 rings (SSSR count). The van der Waals surface area contributed by atoms with E-state index in [1.807, 2.05) is 18.2 Å². The Kier molecular flexibility index (Phi) is 2.97. The summed E-state index contributed by atoms with van der Waals surface area (Å²) in [5.74, 6) is -0.0141. The van der Waals surface area contributed by atoms with Crippen LogP contribution in [-0.2, 0) is 6.54 Å². The molecule has 0 fully saturated rings. The number of hydrogen-bond donors (Lipinski definition) is 0. The van der Waals surface area contributed by atoms with E-state index in [1.54, 1.807) is 23.0 Å². The smallest absolute Gasteiger partial charge is 0.182 e. The summed E-state index contributed by atoms with van der Waals surface area (Å²) >= 11 is 6.01. The Labute approximate surface area is 113 Å². The van der Waals surface area contributed by atoms with Gasteiger partial charge in [-0.25, -0.2) is 15.0 Å². The quantitative estimate of drug-likeness (QED) is 0.542. The number of imidazole rings is 1. The molecule has 6 heteroatoms. The van der Waals surface area contributed by atoms with Gasteiger partial charge in [0.25, 0.3) is 0 Å². The number of aromatic nitrogens is 4. The molecule has 0 amide bonds. The van der Waals surface area contributed by atoms with Crippen molar-refractivity contribution >= 4 is 28.5 Å². The molecule has 2 heterocycles. The highest BCUT2D eigenvalue weighted by Crippen LogP contribution is 2.18. The molecule has 19 heavy (non-hydrogen) atoms. The Balaban J connectivity index is 1.96. The van der Waals surface area contributed by atoms with E-state index >= 15 is 0 Å². The second-order valence-electron chi connectivity index (χ2n) is 4.00. The monoisotopic (exact) mass is 272 g/mol. The van der Waals surface area contributed by atoms with Crippen LogP contribution in [0.1, 0.15) is 10.4 Å². The number of ketones is 1. The van der Waals surface area contributed by atoms with Crippen LogP contribution in [-0.4, -0.2) is 25.3 Å². The highest BCUT2D eigenvalue weighted by Gasteiger charge is 2.12. The van der Waals surface area contributed by atoms with E-state index in [9.17, 15) is 4.79 Å². The van der Waals surface area contributed by atoms with Crippen molar-refractivity contribution in [1.82, 2.24) is 19.5 Å². The van der Waals surface area contributed by atoms with Gasteiger partial charge in [-0.1, -0.05) is 41.9 Å². The minimum Gasteiger partial charge on any atom is -0.319 e. The minimum absolute atomic E-state index is 0.0141.